The van der Waals surface area contributed by atoms with E-state index in [1.165, 1.54) is 10.4 Å². The Morgan fingerprint density at radius 2 is 2.29 bits per heavy atom. The Morgan fingerprint density at radius 1 is 1.47 bits per heavy atom. The minimum absolute atomic E-state index is 0.452. The first kappa shape index (κ1) is 13.1. The second kappa shape index (κ2) is 5.98. The summed E-state index contributed by atoms with van der Waals surface area (Å²) in [5, 5.41) is 2.86. The van der Waals surface area contributed by atoms with E-state index in [4.69, 9.17) is 11.6 Å². The molecule has 0 spiro atoms. The lowest BCUT2D eigenvalue weighted by atomic mass is 9.97. The lowest BCUT2D eigenvalue weighted by molar-refractivity contribution is 0.784. The van der Waals surface area contributed by atoms with E-state index < -0.39 is 0 Å². The number of hydrogen-bond donors (Lipinski definition) is 0. The van der Waals surface area contributed by atoms with E-state index in [1.807, 2.05) is 31.3 Å². The van der Waals surface area contributed by atoms with Crippen molar-refractivity contribution in [1.82, 2.24) is 4.98 Å². The quantitative estimate of drug-likeness (QED) is 0.732. The van der Waals surface area contributed by atoms with Crippen LogP contribution in [0.4, 0.5) is 0 Å². The number of benzene rings is 1. The monoisotopic (exact) mass is 329 g/mol. The van der Waals surface area contributed by atoms with E-state index in [0.29, 0.717) is 5.92 Å². The van der Waals surface area contributed by atoms with Gasteiger partial charge in [-0.2, -0.15) is 0 Å². The third-order valence-electron chi connectivity index (χ3n) is 2.62. The SMILES string of the molecule is Cc1ncc(CC(CBr)c2cccc(Cl)c2)s1. The molecule has 2 aromatic rings. The summed E-state index contributed by atoms with van der Waals surface area (Å²) in [6.07, 6.45) is 2.98. The van der Waals surface area contributed by atoms with Gasteiger partial charge in [-0.15, -0.1) is 11.3 Å². The van der Waals surface area contributed by atoms with E-state index in [-0.39, 0.29) is 0 Å². The molecule has 0 aliphatic carbocycles. The molecule has 90 valence electrons. The summed E-state index contributed by atoms with van der Waals surface area (Å²) in [4.78, 5) is 5.62. The molecule has 0 saturated carbocycles. The highest BCUT2D eigenvalue weighted by Gasteiger charge is 2.12. The Labute approximate surface area is 119 Å². The van der Waals surface area contributed by atoms with Gasteiger partial charge in [0.2, 0.25) is 0 Å². The maximum atomic E-state index is 6.03. The molecule has 0 saturated heterocycles. The molecular formula is C13H13BrClNS. The largest absolute Gasteiger partial charge is 0.250 e. The van der Waals surface area contributed by atoms with Gasteiger partial charge in [-0.1, -0.05) is 39.7 Å². The number of nitrogens with zero attached hydrogens (tertiary/aromatic N) is 1. The van der Waals surface area contributed by atoms with Gasteiger partial charge in [0, 0.05) is 21.4 Å². The normalized spacial score (nSPS) is 12.6. The van der Waals surface area contributed by atoms with Gasteiger partial charge in [0.1, 0.15) is 0 Å². The van der Waals surface area contributed by atoms with Crippen LogP contribution in [0.25, 0.3) is 0 Å². The van der Waals surface area contributed by atoms with Crippen LogP contribution in [0.3, 0.4) is 0 Å². The van der Waals surface area contributed by atoms with E-state index in [2.05, 4.69) is 27.0 Å². The maximum absolute atomic E-state index is 6.03. The Morgan fingerprint density at radius 3 is 2.88 bits per heavy atom. The first-order valence-corrected chi connectivity index (χ1v) is 7.73. The Kier molecular flexibility index (Phi) is 4.60. The zero-order valence-corrected chi connectivity index (χ0v) is 12.6. The second-order valence-corrected chi connectivity index (χ2v) is 6.36. The van der Waals surface area contributed by atoms with Gasteiger partial charge >= 0.3 is 0 Å². The lowest BCUT2D eigenvalue weighted by Gasteiger charge is -2.13. The van der Waals surface area contributed by atoms with Gasteiger partial charge in [0.25, 0.3) is 0 Å². The first-order valence-electron chi connectivity index (χ1n) is 5.42. The highest BCUT2D eigenvalue weighted by atomic mass is 79.9. The Balaban J connectivity index is 2.16. The summed E-state index contributed by atoms with van der Waals surface area (Å²) in [5.74, 6) is 0.452. The molecule has 17 heavy (non-hydrogen) atoms. The predicted octanol–water partition coefficient (Wildman–Crippen LogP) is 4.83. The summed E-state index contributed by atoms with van der Waals surface area (Å²) < 4.78 is 0. The summed E-state index contributed by atoms with van der Waals surface area (Å²) in [7, 11) is 0. The molecule has 1 aromatic carbocycles. The van der Waals surface area contributed by atoms with Crippen molar-refractivity contribution < 1.29 is 0 Å². The van der Waals surface area contributed by atoms with Crippen LogP contribution in [0.5, 0.6) is 0 Å². The number of halogens is 2. The summed E-state index contributed by atoms with van der Waals surface area (Å²) >= 11 is 11.4. The number of alkyl halides is 1. The maximum Gasteiger partial charge on any atom is 0.0896 e. The Bertz CT molecular complexity index is 498. The number of aromatic nitrogens is 1. The minimum atomic E-state index is 0.452. The minimum Gasteiger partial charge on any atom is -0.250 e. The second-order valence-electron chi connectivity index (χ2n) is 3.96. The summed E-state index contributed by atoms with van der Waals surface area (Å²) in [5.41, 5.74) is 1.28. The van der Waals surface area contributed by atoms with Crippen LogP contribution in [0, 0.1) is 6.92 Å². The zero-order chi connectivity index (χ0) is 12.3. The number of hydrogen-bond acceptors (Lipinski definition) is 2. The van der Waals surface area contributed by atoms with E-state index >= 15 is 0 Å². The molecule has 0 aliphatic rings. The highest BCUT2D eigenvalue weighted by Crippen LogP contribution is 2.27. The van der Waals surface area contributed by atoms with Crippen LogP contribution in [0.2, 0.25) is 5.02 Å². The third-order valence-corrected chi connectivity index (χ3v) is 4.57. The summed E-state index contributed by atoms with van der Waals surface area (Å²) in [6.45, 7) is 2.04. The van der Waals surface area contributed by atoms with Crippen molar-refractivity contribution in [2.75, 3.05) is 5.33 Å². The van der Waals surface area contributed by atoms with Crippen LogP contribution in [-0.2, 0) is 6.42 Å². The van der Waals surface area contributed by atoms with Crippen molar-refractivity contribution in [2.24, 2.45) is 0 Å². The third kappa shape index (κ3) is 3.54. The number of rotatable bonds is 4. The van der Waals surface area contributed by atoms with Crippen LogP contribution >= 0.6 is 38.9 Å². The summed E-state index contributed by atoms with van der Waals surface area (Å²) in [6, 6.07) is 8.09. The van der Waals surface area contributed by atoms with Crippen LogP contribution in [0.1, 0.15) is 21.4 Å². The molecule has 0 bridgehead atoms. The highest BCUT2D eigenvalue weighted by molar-refractivity contribution is 9.09. The molecule has 1 heterocycles. The van der Waals surface area contributed by atoms with Crippen molar-refractivity contribution >= 4 is 38.9 Å². The van der Waals surface area contributed by atoms with Gasteiger partial charge in [0.15, 0.2) is 0 Å². The predicted molar refractivity (Wildman–Crippen MR) is 78.5 cm³/mol. The van der Waals surface area contributed by atoms with E-state index in [0.717, 1.165) is 21.8 Å². The van der Waals surface area contributed by atoms with Crippen LogP contribution in [-0.4, -0.2) is 10.3 Å². The fraction of sp³-hybridized carbons (Fsp3) is 0.308. The molecule has 0 amide bonds. The van der Waals surface area contributed by atoms with E-state index in [1.54, 1.807) is 11.3 Å². The molecule has 0 fully saturated rings. The smallest absolute Gasteiger partial charge is 0.0896 e. The molecule has 1 atom stereocenters. The molecule has 1 unspecified atom stereocenters. The topological polar surface area (TPSA) is 12.9 Å². The molecular weight excluding hydrogens is 318 g/mol. The molecule has 2 rings (SSSR count). The van der Waals surface area contributed by atoms with Crippen molar-refractivity contribution in [3.05, 3.63) is 50.9 Å². The van der Waals surface area contributed by atoms with Gasteiger partial charge in [-0.25, -0.2) is 4.98 Å². The number of aryl methyl sites for hydroxylation is 1. The van der Waals surface area contributed by atoms with Crippen molar-refractivity contribution in [3.8, 4) is 0 Å². The van der Waals surface area contributed by atoms with Crippen molar-refractivity contribution in [2.45, 2.75) is 19.3 Å². The van der Waals surface area contributed by atoms with Gasteiger partial charge in [0.05, 0.1) is 5.01 Å². The average molecular weight is 331 g/mol. The van der Waals surface area contributed by atoms with Crippen LogP contribution < -0.4 is 0 Å². The molecule has 1 aromatic heterocycles. The van der Waals surface area contributed by atoms with Gasteiger partial charge in [-0.05, 0) is 37.0 Å². The van der Waals surface area contributed by atoms with Gasteiger partial charge < -0.3 is 0 Å². The first-order chi connectivity index (χ1) is 8.19. The average Bonchev–Trinajstić information content (AvgIpc) is 2.72. The zero-order valence-electron chi connectivity index (χ0n) is 9.49. The fourth-order valence-corrected chi connectivity index (χ4v) is 3.44. The number of thiazole rings is 1. The Hall–Kier alpha value is -0.380. The van der Waals surface area contributed by atoms with Crippen molar-refractivity contribution in [3.63, 3.8) is 0 Å². The van der Waals surface area contributed by atoms with Crippen LogP contribution in [0.15, 0.2) is 30.5 Å². The molecule has 0 aliphatic heterocycles. The molecule has 0 N–H and O–H groups in total. The molecule has 4 heteroatoms. The standard InChI is InChI=1S/C13H13BrClNS/c1-9-16-8-13(17-9)6-11(7-14)10-3-2-4-12(15)5-10/h2-5,8,11H,6-7H2,1H3. The lowest BCUT2D eigenvalue weighted by Crippen LogP contribution is -2.03. The molecule has 1 nitrogen and oxygen atoms in total. The van der Waals surface area contributed by atoms with Gasteiger partial charge in [-0.3, -0.25) is 0 Å². The van der Waals surface area contributed by atoms with Crippen molar-refractivity contribution in [1.29, 1.82) is 0 Å². The van der Waals surface area contributed by atoms with E-state index in [9.17, 15) is 0 Å². The molecule has 0 radical (unpaired) electrons. The fourth-order valence-electron chi connectivity index (χ4n) is 1.76.